The molecule has 0 spiro atoms. The quantitative estimate of drug-likeness (QED) is 0.925. The van der Waals surface area contributed by atoms with Crippen LogP contribution in [-0.2, 0) is 4.79 Å². The lowest BCUT2D eigenvalue weighted by Crippen LogP contribution is -2.48. The maximum atomic E-state index is 12.5. The largest absolute Gasteiger partial charge is 0.494 e. The van der Waals surface area contributed by atoms with Crippen molar-refractivity contribution in [3.63, 3.8) is 0 Å². The molecule has 5 heteroatoms. The number of rotatable bonds is 4. The Morgan fingerprint density at radius 2 is 2.00 bits per heavy atom. The lowest BCUT2D eigenvalue weighted by atomic mass is 9.82. The molecule has 1 fully saturated rings. The van der Waals surface area contributed by atoms with Gasteiger partial charge in [0, 0.05) is 18.7 Å². The van der Waals surface area contributed by atoms with Gasteiger partial charge in [0.2, 0.25) is 0 Å². The van der Waals surface area contributed by atoms with Crippen molar-refractivity contribution in [1.82, 2.24) is 4.90 Å². The standard InChI is InChI=1S/C16H21NO4/c1-3-21-13-7-5-12(6-8-13)14(18)17-10-4-9-16(2,11-17)15(19)20/h5-8H,3-4,9-11H2,1-2H3,(H,19,20). The van der Waals surface area contributed by atoms with Crippen LogP contribution in [0.3, 0.4) is 0 Å². The zero-order valence-corrected chi connectivity index (χ0v) is 12.5. The predicted octanol–water partition coefficient (Wildman–Crippen LogP) is 2.41. The van der Waals surface area contributed by atoms with Crippen LogP contribution < -0.4 is 4.74 Å². The molecule has 1 unspecified atom stereocenters. The minimum atomic E-state index is -0.848. The van der Waals surface area contributed by atoms with Crippen molar-refractivity contribution < 1.29 is 19.4 Å². The maximum absolute atomic E-state index is 12.5. The first-order valence-corrected chi connectivity index (χ1v) is 7.22. The highest BCUT2D eigenvalue weighted by molar-refractivity contribution is 5.94. The Kier molecular flexibility index (Phi) is 4.50. The molecule has 1 N–H and O–H groups in total. The Morgan fingerprint density at radius 3 is 2.57 bits per heavy atom. The fraction of sp³-hybridized carbons (Fsp3) is 0.500. The summed E-state index contributed by atoms with van der Waals surface area (Å²) in [5.74, 6) is -0.236. The van der Waals surface area contributed by atoms with E-state index in [1.54, 1.807) is 36.1 Å². The average molecular weight is 291 g/mol. The van der Waals surface area contributed by atoms with Crippen molar-refractivity contribution in [2.75, 3.05) is 19.7 Å². The summed E-state index contributed by atoms with van der Waals surface area (Å²) in [7, 11) is 0. The molecule has 1 aliphatic heterocycles. The maximum Gasteiger partial charge on any atom is 0.311 e. The normalized spacial score (nSPS) is 21.9. The third kappa shape index (κ3) is 3.35. The van der Waals surface area contributed by atoms with Gasteiger partial charge >= 0.3 is 5.97 Å². The van der Waals surface area contributed by atoms with Gasteiger partial charge in [-0.1, -0.05) is 0 Å². The molecule has 1 amide bonds. The van der Waals surface area contributed by atoms with Gasteiger partial charge in [-0.25, -0.2) is 0 Å². The molecule has 2 rings (SSSR count). The number of carbonyl (C=O) groups excluding carboxylic acids is 1. The van der Waals surface area contributed by atoms with Gasteiger partial charge in [0.15, 0.2) is 0 Å². The molecule has 0 aliphatic carbocycles. The number of carbonyl (C=O) groups is 2. The van der Waals surface area contributed by atoms with Crippen molar-refractivity contribution in [3.05, 3.63) is 29.8 Å². The van der Waals surface area contributed by atoms with Crippen LogP contribution in [0.1, 0.15) is 37.0 Å². The molecule has 1 saturated heterocycles. The smallest absolute Gasteiger partial charge is 0.311 e. The minimum Gasteiger partial charge on any atom is -0.494 e. The monoisotopic (exact) mass is 291 g/mol. The van der Waals surface area contributed by atoms with Gasteiger partial charge in [-0.3, -0.25) is 9.59 Å². The van der Waals surface area contributed by atoms with E-state index in [4.69, 9.17) is 4.74 Å². The number of aliphatic carboxylic acids is 1. The average Bonchev–Trinajstić information content (AvgIpc) is 2.47. The summed E-state index contributed by atoms with van der Waals surface area (Å²) in [6.07, 6.45) is 1.32. The molecule has 0 aromatic heterocycles. The molecular formula is C16H21NO4. The van der Waals surface area contributed by atoms with Gasteiger partial charge in [0.1, 0.15) is 5.75 Å². The molecular weight excluding hydrogens is 270 g/mol. The van der Waals surface area contributed by atoms with Crippen LogP contribution in [0.2, 0.25) is 0 Å². The Labute approximate surface area is 124 Å². The van der Waals surface area contributed by atoms with E-state index in [0.717, 1.165) is 5.75 Å². The van der Waals surface area contributed by atoms with E-state index < -0.39 is 11.4 Å². The Balaban J connectivity index is 2.10. The first-order chi connectivity index (χ1) is 9.96. The highest BCUT2D eigenvalue weighted by atomic mass is 16.5. The van der Waals surface area contributed by atoms with E-state index in [9.17, 15) is 14.7 Å². The van der Waals surface area contributed by atoms with Gasteiger partial charge < -0.3 is 14.7 Å². The van der Waals surface area contributed by atoms with Gasteiger partial charge in [0.25, 0.3) is 5.91 Å². The lowest BCUT2D eigenvalue weighted by molar-refractivity contribution is -0.150. The fourth-order valence-corrected chi connectivity index (χ4v) is 2.63. The summed E-state index contributed by atoms with van der Waals surface area (Å²) in [6, 6.07) is 6.97. The second-order valence-corrected chi connectivity index (χ2v) is 5.65. The highest BCUT2D eigenvalue weighted by Crippen LogP contribution is 2.30. The first-order valence-electron chi connectivity index (χ1n) is 7.22. The molecule has 0 radical (unpaired) electrons. The molecule has 1 aliphatic rings. The summed E-state index contributed by atoms with van der Waals surface area (Å²) >= 11 is 0. The molecule has 114 valence electrons. The highest BCUT2D eigenvalue weighted by Gasteiger charge is 2.39. The summed E-state index contributed by atoms with van der Waals surface area (Å²) in [5.41, 5.74) is -0.285. The topological polar surface area (TPSA) is 66.8 Å². The summed E-state index contributed by atoms with van der Waals surface area (Å²) in [6.45, 7) is 5.05. The number of carboxylic acids is 1. The molecule has 1 aromatic carbocycles. The molecule has 0 bridgehead atoms. The Bertz CT molecular complexity index is 526. The second kappa shape index (κ2) is 6.16. The number of hydrogen-bond acceptors (Lipinski definition) is 3. The van der Waals surface area contributed by atoms with Crippen molar-refractivity contribution in [2.45, 2.75) is 26.7 Å². The number of carboxylic acid groups (broad SMARTS) is 1. The van der Waals surface area contributed by atoms with Gasteiger partial charge in [-0.05, 0) is 51.0 Å². The van der Waals surface area contributed by atoms with Crippen LogP contribution in [0.4, 0.5) is 0 Å². The molecule has 1 heterocycles. The zero-order chi connectivity index (χ0) is 15.5. The van der Waals surface area contributed by atoms with E-state index >= 15 is 0 Å². The van der Waals surface area contributed by atoms with Crippen LogP contribution in [0.5, 0.6) is 5.75 Å². The number of amides is 1. The molecule has 21 heavy (non-hydrogen) atoms. The number of ether oxygens (including phenoxy) is 1. The third-order valence-corrected chi connectivity index (χ3v) is 3.91. The third-order valence-electron chi connectivity index (χ3n) is 3.91. The molecule has 5 nitrogen and oxygen atoms in total. The second-order valence-electron chi connectivity index (χ2n) is 5.65. The van der Waals surface area contributed by atoms with E-state index in [2.05, 4.69) is 0 Å². The van der Waals surface area contributed by atoms with Crippen LogP contribution in [0, 0.1) is 5.41 Å². The van der Waals surface area contributed by atoms with E-state index in [1.165, 1.54) is 0 Å². The van der Waals surface area contributed by atoms with Crippen LogP contribution in [0.15, 0.2) is 24.3 Å². The van der Waals surface area contributed by atoms with E-state index in [-0.39, 0.29) is 12.5 Å². The van der Waals surface area contributed by atoms with Gasteiger partial charge in [-0.15, -0.1) is 0 Å². The Hall–Kier alpha value is -2.04. The fourth-order valence-electron chi connectivity index (χ4n) is 2.63. The first kappa shape index (κ1) is 15.4. The van der Waals surface area contributed by atoms with Crippen LogP contribution in [-0.4, -0.2) is 41.6 Å². The minimum absolute atomic E-state index is 0.120. The van der Waals surface area contributed by atoms with Crippen LogP contribution >= 0.6 is 0 Å². The van der Waals surface area contributed by atoms with E-state index in [0.29, 0.717) is 31.6 Å². The summed E-state index contributed by atoms with van der Waals surface area (Å²) < 4.78 is 5.35. The number of likely N-dealkylation sites (tertiary alicyclic amines) is 1. The summed E-state index contributed by atoms with van der Waals surface area (Å²) in [5, 5.41) is 9.31. The predicted molar refractivity (Wildman–Crippen MR) is 78.5 cm³/mol. The Morgan fingerprint density at radius 1 is 1.33 bits per heavy atom. The number of hydrogen-bond donors (Lipinski definition) is 1. The molecule has 1 atom stereocenters. The number of piperidine rings is 1. The van der Waals surface area contributed by atoms with Gasteiger partial charge in [-0.2, -0.15) is 0 Å². The van der Waals surface area contributed by atoms with Crippen molar-refractivity contribution in [2.24, 2.45) is 5.41 Å². The van der Waals surface area contributed by atoms with Gasteiger partial charge in [0.05, 0.1) is 12.0 Å². The molecule has 0 saturated carbocycles. The SMILES string of the molecule is CCOc1ccc(C(=O)N2CCCC(C)(C(=O)O)C2)cc1. The number of benzene rings is 1. The lowest BCUT2D eigenvalue weighted by Gasteiger charge is -2.37. The van der Waals surface area contributed by atoms with Crippen molar-refractivity contribution in [3.8, 4) is 5.75 Å². The molecule has 1 aromatic rings. The summed E-state index contributed by atoms with van der Waals surface area (Å²) in [4.78, 5) is 25.4. The van der Waals surface area contributed by atoms with Crippen LogP contribution in [0.25, 0.3) is 0 Å². The number of nitrogens with zero attached hydrogens (tertiary/aromatic N) is 1. The van der Waals surface area contributed by atoms with E-state index in [1.807, 2.05) is 6.92 Å². The zero-order valence-electron chi connectivity index (χ0n) is 12.5. The van der Waals surface area contributed by atoms with Crippen molar-refractivity contribution >= 4 is 11.9 Å². The van der Waals surface area contributed by atoms with Crippen molar-refractivity contribution in [1.29, 1.82) is 0 Å².